The molecular weight excluding hydrogens is 591 g/mol. The maximum atomic E-state index is 4.39. The molecule has 1 nitrogen and oxygen atoms in total. The molecule has 0 fully saturated rings. The molecule has 0 aromatic heterocycles. The predicted molar refractivity (Wildman–Crippen MR) is 208 cm³/mol. The topological polar surface area (TPSA) is 12.4 Å². The summed E-state index contributed by atoms with van der Waals surface area (Å²) >= 11 is 0. The third kappa shape index (κ3) is 5.54. The summed E-state index contributed by atoms with van der Waals surface area (Å²) in [5.41, 5.74) is 16.9. The Labute approximate surface area is 289 Å². The van der Waals surface area contributed by atoms with Crippen molar-refractivity contribution in [2.75, 3.05) is 0 Å². The van der Waals surface area contributed by atoms with E-state index in [4.69, 9.17) is 0 Å². The number of aliphatic imine (C=N–C) groups is 1. The van der Waals surface area contributed by atoms with E-state index in [0.717, 1.165) is 17.7 Å². The van der Waals surface area contributed by atoms with Crippen LogP contribution >= 0.6 is 0 Å². The van der Waals surface area contributed by atoms with Crippen molar-refractivity contribution in [3.05, 3.63) is 210 Å². The number of rotatable bonds is 8. The first-order chi connectivity index (χ1) is 24.1. The van der Waals surface area contributed by atoms with Crippen molar-refractivity contribution >= 4 is 12.4 Å². The molecule has 49 heavy (non-hydrogen) atoms. The van der Waals surface area contributed by atoms with Crippen LogP contribution in [0.5, 0.6) is 0 Å². The second-order valence-corrected chi connectivity index (χ2v) is 12.9. The molecule has 1 heteroatoms. The molecule has 1 aliphatic carbocycles. The first-order valence-corrected chi connectivity index (χ1v) is 16.9. The standard InChI is InChI=1S/C48H37N/c1-48(41-20-7-4-8-21-41)45-25-10-9-22-43(45)44-24-13-23-42(47(44)48)40-19-12-18-39(33-40)38-17-11-14-34(32-38)26-31-46(49-2)37-29-27-36(28-30-37)35-15-5-3-6-16-35/h3-25,27-33H,2,26H2,1H3/b46-31-. The van der Waals surface area contributed by atoms with Gasteiger partial charge >= 0.3 is 0 Å². The summed E-state index contributed by atoms with van der Waals surface area (Å²) in [4.78, 5) is 4.39. The molecule has 234 valence electrons. The lowest BCUT2D eigenvalue weighted by molar-refractivity contribution is 0.716. The number of nitrogens with zero attached hydrogens (tertiary/aromatic N) is 1. The van der Waals surface area contributed by atoms with Gasteiger partial charge in [0.05, 0.1) is 5.70 Å². The lowest BCUT2D eigenvalue weighted by Gasteiger charge is -2.30. The lowest BCUT2D eigenvalue weighted by Crippen LogP contribution is -2.23. The van der Waals surface area contributed by atoms with Crippen molar-refractivity contribution in [2.24, 2.45) is 4.99 Å². The Morgan fingerprint density at radius 2 is 1.10 bits per heavy atom. The van der Waals surface area contributed by atoms with Gasteiger partial charge in [-0.15, -0.1) is 0 Å². The summed E-state index contributed by atoms with van der Waals surface area (Å²) in [6.07, 6.45) is 2.94. The van der Waals surface area contributed by atoms with Crippen molar-refractivity contribution in [1.29, 1.82) is 0 Å². The summed E-state index contributed by atoms with van der Waals surface area (Å²) < 4.78 is 0. The molecule has 8 rings (SSSR count). The first-order valence-electron chi connectivity index (χ1n) is 16.9. The van der Waals surface area contributed by atoms with Crippen LogP contribution < -0.4 is 0 Å². The Kier molecular flexibility index (Phi) is 7.95. The highest BCUT2D eigenvalue weighted by Crippen LogP contribution is 2.55. The highest BCUT2D eigenvalue weighted by Gasteiger charge is 2.42. The monoisotopic (exact) mass is 627 g/mol. The summed E-state index contributed by atoms with van der Waals surface area (Å²) in [5, 5.41) is 0. The van der Waals surface area contributed by atoms with E-state index in [9.17, 15) is 0 Å². The van der Waals surface area contributed by atoms with Crippen LogP contribution in [-0.4, -0.2) is 6.72 Å². The average Bonchev–Trinajstić information content (AvgIpc) is 3.45. The minimum atomic E-state index is -0.259. The Hall–Kier alpha value is -6.05. The molecule has 0 saturated heterocycles. The molecule has 0 radical (unpaired) electrons. The lowest BCUT2D eigenvalue weighted by atomic mass is 9.72. The van der Waals surface area contributed by atoms with E-state index in [1.54, 1.807) is 0 Å². The Balaban J connectivity index is 1.11. The van der Waals surface area contributed by atoms with Gasteiger partial charge in [-0.1, -0.05) is 176 Å². The Morgan fingerprint density at radius 3 is 1.88 bits per heavy atom. The molecule has 7 aromatic rings. The van der Waals surface area contributed by atoms with Gasteiger partial charge in [-0.2, -0.15) is 0 Å². The van der Waals surface area contributed by atoms with Gasteiger partial charge in [0.25, 0.3) is 0 Å². The van der Waals surface area contributed by atoms with Gasteiger partial charge in [0, 0.05) is 5.41 Å². The third-order valence-corrected chi connectivity index (χ3v) is 10.1. The second-order valence-electron chi connectivity index (χ2n) is 12.9. The van der Waals surface area contributed by atoms with Crippen LogP contribution in [0.4, 0.5) is 0 Å². The molecule has 1 atom stereocenters. The zero-order valence-corrected chi connectivity index (χ0v) is 27.7. The molecule has 0 N–H and O–H groups in total. The minimum Gasteiger partial charge on any atom is -0.264 e. The van der Waals surface area contributed by atoms with Crippen molar-refractivity contribution in [2.45, 2.75) is 18.8 Å². The molecule has 7 aromatic carbocycles. The molecule has 1 unspecified atom stereocenters. The van der Waals surface area contributed by atoms with Crippen molar-refractivity contribution in [3.63, 3.8) is 0 Å². The molecule has 0 bridgehead atoms. The quantitative estimate of drug-likeness (QED) is 0.149. The zero-order chi connectivity index (χ0) is 33.2. The normalized spacial score (nSPS) is 15.0. The summed E-state index contributed by atoms with van der Waals surface area (Å²) in [7, 11) is 0. The average molecular weight is 628 g/mol. The van der Waals surface area contributed by atoms with Gasteiger partial charge in [0.15, 0.2) is 0 Å². The SMILES string of the molecule is C=N/C(=C\Cc1cccc(-c2cccc(-c3cccc4c3C(C)(c3ccccc3)c3ccccc3-4)c2)c1)c1ccc(-c2ccccc2)cc1. The van der Waals surface area contributed by atoms with Crippen LogP contribution in [0.3, 0.4) is 0 Å². The zero-order valence-electron chi connectivity index (χ0n) is 27.7. The smallest absolute Gasteiger partial charge is 0.0658 e. The van der Waals surface area contributed by atoms with Gasteiger partial charge in [-0.05, 0) is 98.5 Å². The van der Waals surface area contributed by atoms with Gasteiger partial charge in [-0.25, -0.2) is 0 Å². The summed E-state index contributed by atoms with van der Waals surface area (Å²) in [6.45, 7) is 6.27. The highest BCUT2D eigenvalue weighted by molar-refractivity contribution is 5.90. The van der Waals surface area contributed by atoms with Crippen molar-refractivity contribution < 1.29 is 0 Å². The van der Waals surface area contributed by atoms with Crippen LogP contribution in [0.1, 0.15) is 34.7 Å². The van der Waals surface area contributed by atoms with Crippen molar-refractivity contribution in [3.8, 4) is 44.5 Å². The van der Waals surface area contributed by atoms with Crippen LogP contribution in [0.15, 0.2) is 187 Å². The maximum Gasteiger partial charge on any atom is 0.0658 e. The van der Waals surface area contributed by atoms with E-state index in [-0.39, 0.29) is 5.41 Å². The van der Waals surface area contributed by atoms with E-state index in [0.29, 0.717) is 0 Å². The molecule has 1 aliphatic rings. The maximum absolute atomic E-state index is 4.39. The van der Waals surface area contributed by atoms with E-state index in [1.807, 2.05) is 6.07 Å². The van der Waals surface area contributed by atoms with Crippen LogP contribution in [0.2, 0.25) is 0 Å². The molecule has 0 spiro atoms. The van der Waals surface area contributed by atoms with Gasteiger partial charge < -0.3 is 0 Å². The van der Waals surface area contributed by atoms with Crippen LogP contribution in [-0.2, 0) is 11.8 Å². The molecule has 0 heterocycles. The fourth-order valence-corrected chi connectivity index (χ4v) is 7.61. The number of hydrogen-bond donors (Lipinski definition) is 0. The van der Waals surface area contributed by atoms with Gasteiger partial charge in [0.2, 0.25) is 0 Å². The molecule has 0 aliphatic heterocycles. The molecule has 0 saturated carbocycles. The Bertz CT molecular complexity index is 2310. The fraction of sp³-hybridized carbons (Fsp3) is 0.0625. The minimum absolute atomic E-state index is 0.259. The molecular formula is C48H37N. The van der Waals surface area contributed by atoms with Crippen LogP contribution in [0.25, 0.3) is 50.2 Å². The Morgan fingerprint density at radius 1 is 0.531 bits per heavy atom. The van der Waals surface area contributed by atoms with Crippen LogP contribution in [0, 0.1) is 0 Å². The summed E-state index contributed by atoms with van der Waals surface area (Å²) in [6, 6.07) is 63.5. The van der Waals surface area contributed by atoms with Gasteiger partial charge in [0.1, 0.15) is 0 Å². The van der Waals surface area contributed by atoms with E-state index in [1.165, 1.54) is 66.8 Å². The number of fused-ring (bicyclic) bond motifs is 3. The summed E-state index contributed by atoms with van der Waals surface area (Å²) in [5.74, 6) is 0. The predicted octanol–water partition coefficient (Wildman–Crippen LogP) is 12.3. The van der Waals surface area contributed by atoms with E-state index in [2.05, 4.69) is 195 Å². The number of benzene rings is 7. The van der Waals surface area contributed by atoms with Crippen molar-refractivity contribution in [1.82, 2.24) is 0 Å². The van der Waals surface area contributed by atoms with Gasteiger partial charge in [-0.3, -0.25) is 4.99 Å². The number of hydrogen-bond acceptors (Lipinski definition) is 1. The third-order valence-electron chi connectivity index (χ3n) is 10.1. The first kappa shape index (κ1) is 30.3. The fourth-order valence-electron chi connectivity index (χ4n) is 7.61. The second kappa shape index (κ2) is 12.9. The largest absolute Gasteiger partial charge is 0.264 e. The highest BCUT2D eigenvalue weighted by atomic mass is 14.7. The number of allylic oxidation sites excluding steroid dienone is 1. The van der Waals surface area contributed by atoms with E-state index < -0.39 is 0 Å². The molecule has 0 amide bonds. The van der Waals surface area contributed by atoms with E-state index >= 15 is 0 Å².